The van der Waals surface area contributed by atoms with Crippen LogP contribution in [0, 0.1) is 0 Å². The summed E-state index contributed by atoms with van der Waals surface area (Å²) >= 11 is 0. The Hall–Kier alpha value is -0.910. The maximum Gasteiger partial charge on any atom is 0.0558 e. The fourth-order valence-corrected chi connectivity index (χ4v) is 3.20. The van der Waals surface area contributed by atoms with Gasteiger partial charge < -0.3 is 10.8 Å². The van der Waals surface area contributed by atoms with Gasteiger partial charge in [-0.3, -0.25) is 9.58 Å². The molecule has 1 unspecified atom stereocenters. The largest absolute Gasteiger partial charge is 0.395 e. The van der Waals surface area contributed by atoms with Crippen molar-refractivity contribution in [3.63, 3.8) is 0 Å². The lowest BCUT2D eigenvalue weighted by atomic mass is 9.92. The molecular formula is C14H26N4O. The Kier molecular flexibility index (Phi) is 5.36. The van der Waals surface area contributed by atoms with Gasteiger partial charge in [-0.05, 0) is 12.8 Å². The fourth-order valence-electron chi connectivity index (χ4n) is 3.20. The smallest absolute Gasteiger partial charge is 0.0558 e. The molecule has 0 aliphatic heterocycles. The molecule has 2 rings (SSSR count). The van der Waals surface area contributed by atoms with Crippen molar-refractivity contribution >= 4 is 0 Å². The molecule has 0 saturated heterocycles. The number of nitrogens with zero attached hydrogens (tertiary/aromatic N) is 3. The summed E-state index contributed by atoms with van der Waals surface area (Å²) in [5.41, 5.74) is 7.15. The Morgan fingerprint density at radius 2 is 2.21 bits per heavy atom. The summed E-state index contributed by atoms with van der Waals surface area (Å²) in [5, 5.41) is 13.6. The normalized spacial score (nSPS) is 18.9. The second kappa shape index (κ2) is 7.03. The van der Waals surface area contributed by atoms with Gasteiger partial charge in [0, 0.05) is 37.9 Å². The number of hydrogen-bond donors (Lipinski definition) is 2. The van der Waals surface area contributed by atoms with Gasteiger partial charge in [0.2, 0.25) is 0 Å². The molecule has 5 heteroatoms. The summed E-state index contributed by atoms with van der Waals surface area (Å²) in [4.78, 5) is 2.39. The molecule has 1 aromatic rings. The number of hydrogen-bond acceptors (Lipinski definition) is 4. The molecule has 1 atom stereocenters. The molecule has 0 spiro atoms. The van der Waals surface area contributed by atoms with E-state index in [4.69, 9.17) is 5.73 Å². The molecule has 1 heterocycles. The molecule has 1 saturated carbocycles. The zero-order chi connectivity index (χ0) is 13.7. The third-order valence-corrected chi connectivity index (χ3v) is 4.14. The van der Waals surface area contributed by atoms with Crippen molar-refractivity contribution in [1.82, 2.24) is 14.7 Å². The molecule has 0 radical (unpaired) electrons. The summed E-state index contributed by atoms with van der Waals surface area (Å²) in [5.74, 6) is 0. The molecule has 5 nitrogen and oxygen atoms in total. The monoisotopic (exact) mass is 266 g/mol. The van der Waals surface area contributed by atoms with E-state index < -0.39 is 0 Å². The van der Waals surface area contributed by atoms with Crippen LogP contribution < -0.4 is 5.73 Å². The van der Waals surface area contributed by atoms with E-state index in [1.807, 2.05) is 24.1 Å². The molecular weight excluding hydrogens is 240 g/mol. The summed E-state index contributed by atoms with van der Waals surface area (Å²) in [6.07, 6.45) is 10.3. The Morgan fingerprint density at radius 1 is 1.47 bits per heavy atom. The summed E-state index contributed by atoms with van der Waals surface area (Å²) < 4.78 is 1.82. The van der Waals surface area contributed by atoms with Crippen LogP contribution in [-0.4, -0.2) is 45.5 Å². The van der Waals surface area contributed by atoms with Crippen LogP contribution >= 0.6 is 0 Å². The number of rotatable bonds is 6. The van der Waals surface area contributed by atoms with Crippen LogP contribution in [0.4, 0.5) is 0 Å². The summed E-state index contributed by atoms with van der Waals surface area (Å²) in [6.45, 7) is 1.46. The highest BCUT2D eigenvalue weighted by Crippen LogP contribution is 2.29. The van der Waals surface area contributed by atoms with Gasteiger partial charge in [-0.2, -0.15) is 5.10 Å². The van der Waals surface area contributed by atoms with Crippen molar-refractivity contribution in [3.8, 4) is 0 Å². The number of nitrogens with two attached hydrogens (primary N) is 1. The SMILES string of the molecule is Cn1cc(C(CN)N(CCO)C2CCCCC2)cn1. The first-order valence-corrected chi connectivity index (χ1v) is 7.31. The highest BCUT2D eigenvalue weighted by Gasteiger charge is 2.28. The van der Waals surface area contributed by atoms with Crippen molar-refractivity contribution in [2.45, 2.75) is 44.2 Å². The zero-order valence-corrected chi connectivity index (χ0v) is 11.8. The van der Waals surface area contributed by atoms with Crippen LogP contribution in [0.3, 0.4) is 0 Å². The lowest BCUT2D eigenvalue weighted by Crippen LogP contribution is -2.43. The Bertz CT molecular complexity index is 373. The lowest BCUT2D eigenvalue weighted by Gasteiger charge is -2.39. The highest BCUT2D eigenvalue weighted by atomic mass is 16.3. The first-order chi connectivity index (χ1) is 9.26. The van der Waals surface area contributed by atoms with Crippen LogP contribution in [0.1, 0.15) is 43.7 Å². The third-order valence-electron chi connectivity index (χ3n) is 4.14. The predicted octanol–water partition coefficient (Wildman–Crippen LogP) is 1.05. The van der Waals surface area contributed by atoms with Gasteiger partial charge in [-0.1, -0.05) is 19.3 Å². The molecule has 1 aliphatic rings. The first-order valence-electron chi connectivity index (χ1n) is 7.31. The molecule has 3 N–H and O–H groups in total. The third kappa shape index (κ3) is 3.55. The van der Waals surface area contributed by atoms with Crippen molar-refractivity contribution in [1.29, 1.82) is 0 Å². The summed E-state index contributed by atoms with van der Waals surface area (Å²) in [7, 11) is 1.92. The van der Waals surface area contributed by atoms with E-state index in [1.165, 1.54) is 32.1 Å². The minimum absolute atomic E-state index is 0.170. The average molecular weight is 266 g/mol. The van der Waals surface area contributed by atoms with Gasteiger partial charge in [0.05, 0.1) is 18.8 Å². The Labute approximate surface area is 115 Å². The first kappa shape index (κ1) is 14.5. The molecule has 19 heavy (non-hydrogen) atoms. The van der Waals surface area contributed by atoms with E-state index in [9.17, 15) is 5.11 Å². The Balaban J connectivity index is 2.14. The molecule has 0 aromatic carbocycles. The van der Waals surface area contributed by atoms with Gasteiger partial charge >= 0.3 is 0 Å². The second-order valence-electron chi connectivity index (χ2n) is 5.45. The molecule has 0 amide bonds. The minimum Gasteiger partial charge on any atom is -0.395 e. The van der Waals surface area contributed by atoms with Crippen LogP contribution in [0.5, 0.6) is 0 Å². The van der Waals surface area contributed by atoms with E-state index >= 15 is 0 Å². The quantitative estimate of drug-likeness (QED) is 0.807. The topological polar surface area (TPSA) is 67.3 Å². The standard InChI is InChI=1S/C14H26N4O/c1-17-11-12(10-16-17)14(9-15)18(7-8-19)13-5-3-2-4-6-13/h10-11,13-14,19H,2-9,15H2,1H3. The molecule has 0 bridgehead atoms. The predicted molar refractivity (Wildman–Crippen MR) is 75.7 cm³/mol. The van der Waals surface area contributed by atoms with Crippen LogP contribution in [-0.2, 0) is 7.05 Å². The van der Waals surface area contributed by atoms with Gasteiger partial charge in [0.1, 0.15) is 0 Å². The molecule has 1 aliphatic carbocycles. The van der Waals surface area contributed by atoms with Crippen molar-refractivity contribution in [3.05, 3.63) is 18.0 Å². The van der Waals surface area contributed by atoms with E-state index in [-0.39, 0.29) is 12.6 Å². The van der Waals surface area contributed by atoms with Gasteiger partial charge in [0.25, 0.3) is 0 Å². The zero-order valence-electron chi connectivity index (χ0n) is 11.8. The molecule has 108 valence electrons. The highest BCUT2D eigenvalue weighted by molar-refractivity contribution is 5.12. The van der Waals surface area contributed by atoms with Crippen LogP contribution in [0.2, 0.25) is 0 Å². The maximum atomic E-state index is 9.36. The minimum atomic E-state index is 0.170. The lowest BCUT2D eigenvalue weighted by molar-refractivity contribution is 0.0829. The number of aromatic nitrogens is 2. The average Bonchev–Trinajstić information content (AvgIpc) is 2.86. The van der Waals surface area contributed by atoms with Gasteiger partial charge in [-0.25, -0.2) is 0 Å². The number of aliphatic hydroxyl groups is 1. The van der Waals surface area contributed by atoms with Crippen LogP contribution in [0.15, 0.2) is 12.4 Å². The Morgan fingerprint density at radius 3 is 2.74 bits per heavy atom. The van der Waals surface area contributed by atoms with Crippen LogP contribution in [0.25, 0.3) is 0 Å². The molecule has 1 aromatic heterocycles. The number of aliphatic hydroxyl groups excluding tert-OH is 1. The van der Waals surface area contributed by atoms with E-state index in [1.54, 1.807) is 0 Å². The molecule has 1 fully saturated rings. The van der Waals surface area contributed by atoms with Crippen molar-refractivity contribution in [2.75, 3.05) is 19.7 Å². The van der Waals surface area contributed by atoms with E-state index in [0.717, 1.165) is 5.56 Å². The summed E-state index contributed by atoms with van der Waals surface area (Å²) in [6, 6.07) is 0.721. The van der Waals surface area contributed by atoms with Gasteiger partial charge in [-0.15, -0.1) is 0 Å². The van der Waals surface area contributed by atoms with Crippen molar-refractivity contribution < 1.29 is 5.11 Å². The van der Waals surface area contributed by atoms with Crippen molar-refractivity contribution in [2.24, 2.45) is 12.8 Å². The fraction of sp³-hybridized carbons (Fsp3) is 0.786. The van der Waals surface area contributed by atoms with Gasteiger partial charge in [0.15, 0.2) is 0 Å². The second-order valence-corrected chi connectivity index (χ2v) is 5.45. The maximum absolute atomic E-state index is 9.36. The van der Waals surface area contributed by atoms with E-state index in [0.29, 0.717) is 19.1 Å². The van der Waals surface area contributed by atoms with E-state index in [2.05, 4.69) is 10.00 Å². The number of aryl methyl sites for hydroxylation is 1.